The van der Waals surface area contributed by atoms with E-state index in [-0.39, 0.29) is 6.04 Å². The van der Waals surface area contributed by atoms with E-state index in [9.17, 15) is 8.42 Å². The number of nitrogens with zero attached hydrogens (tertiary/aromatic N) is 1. The van der Waals surface area contributed by atoms with Crippen molar-refractivity contribution in [2.24, 2.45) is 0 Å². The van der Waals surface area contributed by atoms with Crippen molar-refractivity contribution in [3.05, 3.63) is 28.2 Å². The lowest BCUT2D eigenvalue weighted by molar-refractivity contribution is 0.373. The lowest BCUT2D eigenvalue weighted by Crippen LogP contribution is -2.35. The van der Waals surface area contributed by atoms with Gasteiger partial charge in [0.15, 0.2) is 0 Å². The lowest BCUT2D eigenvalue weighted by atomic mass is 10.2. The molecule has 0 spiro atoms. The van der Waals surface area contributed by atoms with Crippen LogP contribution in [0.4, 0.5) is 0 Å². The Kier molecular flexibility index (Phi) is 5.82. The van der Waals surface area contributed by atoms with Crippen LogP contribution in [0, 0.1) is 0 Å². The molecule has 1 fully saturated rings. The highest BCUT2D eigenvalue weighted by Crippen LogP contribution is 2.31. The number of sulfonamides is 1. The number of hydrogen-bond donors (Lipinski definition) is 1. The van der Waals surface area contributed by atoms with E-state index in [1.807, 2.05) is 19.1 Å². The summed E-state index contributed by atoms with van der Waals surface area (Å²) in [6.07, 6.45) is 4.16. The van der Waals surface area contributed by atoms with E-state index in [4.69, 9.17) is 0 Å². The molecule has 0 aliphatic heterocycles. The van der Waals surface area contributed by atoms with Crippen LogP contribution in [0.15, 0.2) is 27.6 Å². The first-order valence-electron chi connectivity index (χ1n) is 7.44. The quantitative estimate of drug-likeness (QED) is 0.831. The van der Waals surface area contributed by atoms with Gasteiger partial charge in [0, 0.05) is 24.1 Å². The van der Waals surface area contributed by atoms with Gasteiger partial charge in [-0.15, -0.1) is 0 Å². The van der Waals surface area contributed by atoms with Crippen LogP contribution in [-0.2, 0) is 16.6 Å². The van der Waals surface area contributed by atoms with Crippen molar-refractivity contribution in [3.63, 3.8) is 0 Å². The first-order chi connectivity index (χ1) is 9.96. The molecule has 1 saturated carbocycles. The second-order valence-corrected chi connectivity index (χ2v) is 8.32. The Bertz CT molecular complexity index is 583. The van der Waals surface area contributed by atoms with Crippen LogP contribution >= 0.6 is 15.9 Å². The Morgan fingerprint density at radius 1 is 1.33 bits per heavy atom. The number of benzene rings is 1. The maximum atomic E-state index is 12.8. The van der Waals surface area contributed by atoms with Gasteiger partial charge in [-0.05, 0) is 53.0 Å². The first-order valence-corrected chi connectivity index (χ1v) is 9.67. The second kappa shape index (κ2) is 7.22. The van der Waals surface area contributed by atoms with Gasteiger partial charge in [0.1, 0.15) is 0 Å². The van der Waals surface area contributed by atoms with E-state index in [1.165, 1.54) is 0 Å². The molecule has 2 rings (SSSR count). The van der Waals surface area contributed by atoms with E-state index in [0.29, 0.717) is 15.9 Å². The average molecular weight is 375 g/mol. The molecule has 1 aromatic carbocycles. The summed E-state index contributed by atoms with van der Waals surface area (Å²) in [7, 11) is -1.74. The summed E-state index contributed by atoms with van der Waals surface area (Å²) in [4.78, 5) is 0.368. The third kappa shape index (κ3) is 3.86. The van der Waals surface area contributed by atoms with Crippen LogP contribution in [-0.4, -0.2) is 32.4 Å². The summed E-state index contributed by atoms with van der Waals surface area (Å²) in [6, 6.07) is 5.68. The highest BCUT2D eigenvalue weighted by molar-refractivity contribution is 9.10. The van der Waals surface area contributed by atoms with Gasteiger partial charge in [-0.3, -0.25) is 0 Å². The molecule has 4 nitrogen and oxygen atoms in total. The summed E-state index contributed by atoms with van der Waals surface area (Å²) in [5.41, 5.74) is 0.985. The molecule has 0 atom stereocenters. The van der Waals surface area contributed by atoms with Crippen LogP contribution in [0.25, 0.3) is 0 Å². The van der Waals surface area contributed by atoms with Crippen LogP contribution < -0.4 is 5.32 Å². The van der Waals surface area contributed by atoms with Crippen LogP contribution in [0.3, 0.4) is 0 Å². The van der Waals surface area contributed by atoms with Gasteiger partial charge in [-0.2, -0.15) is 4.31 Å². The molecule has 1 aromatic rings. The summed E-state index contributed by atoms with van der Waals surface area (Å²) < 4.78 is 27.9. The minimum Gasteiger partial charge on any atom is -0.313 e. The Labute approximate surface area is 136 Å². The fourth-order valence-corrected chi connectivity index (χ4v) is 5.13. The Hall–Kier alpha value is -0.430. The first kappa shape index (κ1) is 16.9. The number of nitrogens with one attached hydrogen (secondary N) is 1. The van der Waals surface area contributed by atoms with E-state index in [0.717, 1.165) is 37.8 Å². The second-order valence-electron chi connectivity index (χ2n) is 5.50. The minimum absolute atomic E-state index is 0.138. The molecule has 21 heavy (non-hydrogen) atoms. The molecule has 0 amide bonds. The van der Waals surface area contributed by atoms with E-state index in [1.54, 1.807) is 17.4 Å². The zero-order chi connectivity index (χ0) is 15.5. The predicted molar refractivity (Wildman–Crippen MR) is 88.7 cm³/mol. The molecule has 0 bridgehead atoms. The lowest BCUT2D eigenvalue weighted by Gasteiger charge is -2.24. The van der Waals surface area contributed by atoms with Crippen molar-refractivity contribution in [1.29, 1.82) is 0 Å². The van der Waals surface area contributed by atoms with Crippen LogP contribution in [0.1, 0.15) is 38.2 Å². The van der Waals surface area contributed by atoms with Crippen molar-refractivity contribution in [2.45, 2.75) is 50.1 Å². The van der Waals surface area contributed by atoms with Crippen molar-refractivity contribution in [2.75, 3.05) is 13.6 Å². The summed E-state index contributed by atoms with van der Waals surface area (Å²) in [5, 5.41) is 3.22. The molecular formula is C15H23BrN2O2S. The molecule has 1 aliphatic rings. The Morgan fingerprint density at radius 3 is 2.62 bits per heavy atom. The fourth-order valence-electron chi connectivity index (χ4n) is 2.74. The third-order valence-corrected chi connectivity index (χ3v) is 6.97. The molecule has 118 valence electrons. The molecule has 0 unspecified atom stereocenters. The Morgan fingerprint density at radius 2 is 2.00 bits per heavy atom. The summed E-state index contributed by atoms with van der Waals surface area (Å²) in [5.74, 6) is 0. The topological polar surface area (TPSA) is 49.4 Å². The molecule has 1 N–H and O–H groups in total. The van der Waals surface area contributed by atoms with Crippen molar-refractivity contribution in [1.82, 2.24) is 9.62 Å². The zero-order valence-electron chi connectivity index (χ0n) is 12.6. The molecular weight excluding hydrogens is 352 g/mol. The monoisotopic (exact) mass is 374 g/mol. The maximum Gasteiger partial charge on any atom is 0.244 e. The summed E-state index contributed by atoms with van der Waals surface area (Å²) >= 11 is 3.39. The van der Waals surface area contributed by atoms with Gasteiger partial charge in [0.2, 0.25) is 10.0 Å². The molecule has 0 saturated heterocycles. The van der Waals surface area contributed by atoms with Gasteiger partial charge >= 0.3 is 0 Å². The minimum atomic E-state index is -3.44. The SMILES string of the molecule is CCNCc1ccc(Br)c(S(=O)(=O)N(C)C2CCCC2)c1. The maximum absolute atomic E-state index is 12.8. The van der Waals surface area contributed by atoms with Gasteiger partial charge in [0.25, 0.3) is 0 Å². The van der Waals surface area contributed by atoms with Gasteiger partial charge in [-0.1, -0.05) is 25.8 Å². The normalized spacial score (nSPS) is 16.8. The highest BCUT2D eigenvalue weighted by Gasteiger charge is 2.31. The largest absolute Gasteiger partial charge is 0.313 e. The Balaban J connectivity index is 2.29. The van der Waals surface area contributed by atoms with Crippen LogP contribution in [0.5, 0.6) is 0 Å². The standard InChI is InChI=1S/C15H23BrN2O2S/c1-3-17-11-12-8-9-14(16)15(10-12)21(19,20)18(2)13-6-4-5-7-13/h8-10,13,17H,3-7,11H2,1-2H3. The van der Waals surface area contributed by atoms with Crippen molar-refractivity contribution in [3.8, 4) is 0 Å². The number of rotatable bonds is 6. The van der Waals surface area contributed by atoms with Gasteiger partial charge in [-0.25, -0.2) is 8.42 Å². The van der Waals surface area contributed by atoms with Crippen molar-refractivity contribution < 1.29 is 8.42 Å². The molecule has 0 aromatic heterocycles. The average Bonchev–Trinajstić information content (AvgIpc) is 2.99. The molecule has 6 heteroatoms. The third-order valence-electron chi connectivity index (χ3n) is 4.07. The van der Waals surface area contributed by atoms with E-state index >= 15 is 0 Å². The van der Waals surface area contributed by atoms with Crippen molar-refractivity contribution >= 4 is 26.0 Å². The summed E-state index contributed by atoms with van der Waals surface area (Å²) in [6.45, 7) is 3.57. The smallest absolute Gasteiger partial charge is 0.244 e. The predicted octanol–water partition coefficient (Wildman–Crippen LogP) is 3.12. The molecule has 0 radical (unpaired) electrons. The van der Waals surface area contributed by atoms with Crippen LogP contribution in [0.2, 0.25) is 0 Å². The molecule has 1 aliphatic carbocycles. The molecule has 0 heterocycles. The van der Waals surface area contributed by atoms with Gasteiger partial charge in [0.05, 0.1) is 4.90 Å². The fraction of sp³-hybridized carbons (Fsp3) is 0.600. The number of hydrogen-bond acceptors (Lipinski definition) is 3. The number of halogens is 1. The van der Waals surface area contributed by atoms with E-state index in [2.05, 4.69) is 21.2 Å². The van der Waals surface area contributed by atoms with Gasteiger partial charge < -0.3 is 5.32 Å². The highest BCUT2D eigenvalue weighted by atomic mass is 79.9. The van der Waals surface area contributed by atoms with E-state index < -0.39 is 10.0 Å². The zero-order valence-corrected chi connectivity index (χ0v) is 15.0.